The van der Waals surface area contributed by atoms with E-state index in [4.69, 9.17) is 14.2 Å². The fourth-order valence-electron chi connectivity index (χ4n) is 10.3. The van der Waals surface area contributed by atoms with E-state index >= 15 is 0 Å². The molecule has 0 aromatic heterocycles. The molecule has 6 aliphatic rings. The van der Waals surface area contributed by atoms with Gasteiger partial charge in [-0.2, -0.15) is 0 Å². The van der Waals surface area contributed by atoms with Gasteiger partial charge in [0.25, 0.3) is 0 Å². The first kappa shape index (κ1) is 25.9. The zero-order valence-electron chi connectivity index (χ0n) is 24.1. The van der Waals surface area contributed by atoms with Gasteiger partial charge in [-0.25, -0.2) is 0 Å². The number of benzene rings is 1. The predicted octanol–water partition coefficient (Wildman–Crippen LogP) is 5.85. The van der Waals surface area contributed by atoms with Gasteiger partial charge >= 0.3 is 0 Å². The van der Waals surface area contributed by atoms with Crippen LogP contribution >= 0.6 is 0 Å². The standard InChI is InChI=1S/C33H45NO5/c1-32-12-9-21(35)16-20(32)5-6-22-23-7-8-25(33(23,2)13-10-24(22)32)27(36)17-26-29-19(11-14-34(26)3)15-28-30(31(29)37-4)39-18-38-28/h5,15,21-26,35H,6-14,16-18H2,1-4H3/t21-,22+,23-,24-,25+,26+,32+,33+/m1/s1. The van der Waals surface area contributed by atoms with Crippen molar-refractivity contribution in [3.8, 4) is 17.2 Å². The van der Waals surface area contributed by atoms with Crippen LogP contribution in [-0.4, -0.2) is 49.4 Å². The van der Waals surface area contributed by atoms with E-state index in [0.717, 1.165) is 68.6 Å². The van der Waals surface area contributed by atoms with Gasteiger partial charge in [0.1, 0.15) is 5.78 Å². The molecule has 4 aliphatic carbocycles. The first-order valence-electron chi connectivity index (χ1n) is 15.3. The van der Waals surface area contributed by atoms with Crippen molar-refractivity contribution >= 4 is 5.78 Å². The lowest BCUT2D eigenvalue weighted by Crippen LogP contribution is -2.51. The highest BCUT2D eigenvalue weighted by molar-refractivity contribution is 5.83. The van der Waals surface area contributed by atoms with E-state index in [-0.39, 0.29) is 35.7 Å². The van der Waals surface area contributed by atoms with Crippen LogP contribution in [0.15, 0.2) is 17.7 Å². The van der Waals surface area contributed by atoms with Gasteiger partial charge in [-0.1, -0.05) is 25.5 Å². The van der Waals surface area contributed by atoms with Gasteiger partial charge in [0.15, 0.2) is 11.5 Å². The number of methoxy groups -OCH3 is 1. The van der Waals surface area contributed by atoms with Gasteiger partial charge in [-0.05, 0) is 105 Å². The van der Waals surface area contributed by atoms with Crippen LogP contribution in [-0.2, 0) is 11.2 Å². The molecular formula is C33H45NO5. The van der Waals surface area contributed by atoms with Crippen molar-refractivity contribution in [1.29, 1.82) is 0 Å². The molecule has 6 nitrogen and oxygen atoms in total. The number of ketones is 1. The number of rotatable bonds is 4. The monoisotopic (exact) mass is 535 g/mol. The summed E-state index contributed by atoms with van der Waals surface area (Å²) in [6, 6.07) is 2.10. The minimum absolute atomic E-state index is 0.00237. The Morgan fingerprint density at radius 2 is 2.00 bits per heavy atom. The number of likely N-dealkylation sites (N-methyl/N-ethyl adjacent to an activating group) is 1. The second-order valence-electron chi connectivity index (χ2n) is 14.0. The van der Waals surface area contributed by atoms with Gasteiger partial charge in [-0.15, -0.1) is 0 Å². The maximum Gasteiger partial charge on any atom is 0.231 e. The molecule has 3 saturated carbocycles. The number of aliphatic hydroxyl groups is 1. The molecule has 0 radical (unpaired) electrons. The Hall–Kier alpha value is -2.05. The van der Waals surface area contributed by atoms with Gasteiger partial charge in [0, 0.05) is 30.5 Å². The first-order chi connectivity index (χ1) is 18.7. The van der Waals surface area contributed by atoms with E-state index in [1.54, 1.807) is 7.11 Å². The van der Waals surface area contributed by atoms with Crippen LogP contribution in [0.25, 0.3) is 0 Å². The second-order valence-corrected chi connectivity index (χ2v) is 14.0. The molecule has 1 aromatic carbocycles. The molecular weight excluding hydrogens is 490 g/mol. The number of aliphatic hydroxyl groups excluding tert-OH is 1. The minimum Gasteiger partial charge on any atom is -0.492 e. The van der Waals surface area contributed by atoms with E-state index in [0.29, 0.717) is 35.7 Å². The number of carbonyl (C=O) groups is 1. The Balaban J connectivity index is 1.15. The van der Waals surface area contributed by atoms with Gasteiger partial charge in [0.05, 0.1) is 13.2 Å². The summed E-state index contributed by atoms with van der Waals surface area (Å²) in [5.41, 5.74) is 4.18. The second kappa shape index (κ2) is 9.24. The molecule has 6 heteroatoms. The molecule has 1 aromatic rings. The predicted molar refractivity (Wildman–Crippen MR) is 149 cm³/mol. The lowest BCUT2D eigenvalue weighted by atomic mass is 9.47. The summed E-state index contributed by atoms with van der Waals surface area (Å²) in [6.45, 7) is 6.07. The third-order valence-electron chi connectivity index (χ3n) is 12.4. The van der Waals surface area contributed by atoms with Crippen LogP contribution in [0.1, 0.15) is 88.8 Å². The third-order valence-corrected chi connectivity index (χ3v) is 12.4. The molecule has 0 spiro atoms. The highest BCUT2D eigenvalue weighted by atomic mass is 16.7. The molecule has 0 bridgehead atoms. The van der Waals surface area contributed by atoms with Gasteiger partial charge < -0.3 is 19.3 Å². The highest BCUT2D eigenvalue weighted by Gasteiger charge is 2.60. The van der Waals surface area contributed by atoms with E-state index in [1.807, 2.05) is 0 Å². The number of hydrogen-bond acceptors (Lipinski definition) is 6. The van der Waals surface area contributed by atoms with Crippen molar-refractivity contribution in [2.75, 3.05) is 27.5 Å². The number of allylic oxidation sites excluding steroid dienone is 1. The number of nitrogens with zero attached hydrogens (tertiary/aromatic N) is 1. The smallest absolute Gasteiger partial charge is 0.231 e. The van der Waals surface area contributed by atoms with Crippen molar-refractivity contribution in [2.45, 2.75) is 90.2 Å². The third kappa shape index (κ3) is 3.76. The first-order valence-corrected chi connectivity index (χ1v) is 15.3. The maximum atomic E-state index is 14.3. The zero-order valence-corrected chi connectivity index (χ0v) is 24.1. The number of fused-ring (bicyclic) bond motifs is 7. The molecule has 0 saturated heterocycles. The molecule has 1 N–H and O–H groups in total. The number of Topliss-reactive ketones (excluding diaryl/α,β-unsaturated/α-hetero) is 1. The van der Waals surface area contributed by atoms with Crippen molar-refractivity contribution in [3.63, 3.8) is 0 Å². The van der Waals surface area contributed by atoms with E-state index in [1.165, 1.54) is 24.0 Å². The van der Waals surface area contributed by atoms with E-state index < -0.39 is 0 Å². The van der Waals surface area contributed by atoms with Crippen molar-refractivity contribution in [3.05, 3.63) is 28.8 Å². The molecule has 39 heavy (non-hydrogen) atoms. The fraction of sp³-hybridized carbons (Fsp3) is 0.727. The normalized spacial score (nSPS) is 40.7. The van der Waals surface area contributed by atoms with Crippen LogP contribution < -0.4 is 14.2 Å². The Labute approximate surface area is 233 Å². The van der Waals surface area contributed by atoms with Gasteiger partial charge in [0.2, 0.25) is 12.5 Å². The molecule has 0 amide bonds. The van der Waals surface area contributed by atoms with Crippen molar-refractivity contribution < 1.29 is 24.1 Å². The summed E-state index contributed by atoms with van der Waals surface area (Å²) in [5.74, 6) is 4.74. The summed E-state index contributed by atoms with van der Waals surface area (Å²) in [7, 11) is 3.84. The van der Waals surface area contributed by atoms with E-state index in [2.05, 4.69) is 37.9 Å². The molecule has 7 rings (SSSR count). The summed E-state index contributed by atoms with van der Waals surface area (Å²) in [4.78, 5) is 16.6. The summed E-state index contributed by atoms with van der Waals surface area (Å²) in [6.07, 6.45) is 12.4. The SMILES string of the molecule is COc1c2c(cc3c1[C@H](CC(=O)[C@@H]1CC[C@@H]4[C@@H]5CC=C6C[C@H](O)CC[C@]6(C)[C@@H]5CC[C@@]41C)N(C)CC3)OCO2. The van der Waals surface area contributed by atoms with Gasteiger partial charge in [-0.3, -0.25) is 9.69 Å². The van der Waals surface area contributed by atoms with Crippen molar-refractivity contribution in [2.24, 2.45) is 34.5 Å². The molecule has 212 valence electrons. The summed E-state index contributed by atoms with van der Waals surface area (Å²) in [5, 5.41) is 10.3. The van der Waals surface area contributed by atoms with Crippen LogP contribution in [0, 0.1) is 34.5 Å². The lowest BCUT2D eigenvalue weighted by molar-refractivity contribution is -0.131. The number of ether oxygens (including phenoxy) is 3. The topological polar surface area (TPSA) is 68.2 Å². The molecule has 3 fully saturated rings. The fourth-order valence-corrected chi connectivity index (χ4v) is 10.3. The number of hydrogen-bond donors (Lipinski definition) is 1. The highest BCUT2D eigenvalue weighted by Crippen LogP contribution is 2.66. The average molecular weight is 536 g/mol. The largest absolute Gasteiger partial charge is 0.492 e. The Morgan fingerprint density at radius 3 is 2.82 bits per heavy atom. The van der Waals surface area contributed by atoms with Crippen LogP contribution in [0.3, 0.4) is 0 Å². The molecule has 0 unspecified atom stereocenters. The molecule has 2 heterocycles. The molecule has 2 aliphatic heterocycles. The summed E-state index contributed by atoms with van der Waals surface area (Å²) >= 11 is 0. The molecule has 8 atom stereocenters. The van der Waals surface area contributed by atoms with Crippen LogP contribution in [0.4, 0.5) is 0 Å². The van der Waals surface area contributed by atoms with Crippen LogP contribution in [0.5, 0.6) is 17.2 Å². The Morgan fingerprint density at radius 1 is 1.15 bits per heavy atom. The van der Waals surface area contributed by atoms with Crippen LogP contribution in [0.2, 0.25) is 0 Å². The zero-order chi connectivity index (χ0) is 27.1. The summed E-state index contributed by atoms with van der Waals surface area (Å²) < 4.78 is 17.4. The quantitative estimate of drug-likeness (QED) is 0.488. The maximum absolute atomic E-state index is 14.3. The van der Waals surface area contributed by atoms with Crippen molar-refractivity contribution in [1.82, 2.24) is 4.90 Å². The van der Waals surface area contributed by atoms with E-state index in [9.17, 15) is 9.90 Å². The Kier molecular flexibility index (Phi) is 6.13. The Bertz CT molecular complexity index is 1210. The average Bonchev–Trinajstić information content (AvgIpc) is 3.53. The number of carbonyl (C=O) groups excluding carboxylic acids is 1. The minimum atomic E-state index is -0.162. The lowest BCUT2D eigenvalue weighted by Gasteiger charge is -2.58.